The number of thiophene rings is 1. The van der Waals surface area contributed by atoms with Crippen molar-refractivity contribution in [3.05, 3.63) is 17.8 Å². The summed E-state index contributed by atoms with van der Waals surface area (Å²) in [6.45, 7) is 0.875. The van der Waals surface area contributed by atoms with Crippen molar-refractivity contribution in [3.8, 4) is 0 Å². The Labute approximate surface area is 114 Å². The van der Waals surface area contributed by atoms with Crippen LogP contribution in [-0.2, 0) is 4.79 Å². The van der Waals surface area contributed by atoms with E-state index in [0.717, 1.165) is 41.8 Å². The van der Waals surface area contributed by atoms with Crippen LogP contribution in [0.15, 0.2) is 17.8 Å². The van der Waals surface area contributed by atoms with Crippen molar-refractivity contribution >= 4 is 33.3 Å². The molecule has 0 bridgehead atoms. The van der Waals surface area contributed by atoms with Crippen LogP contribution in [0.5, 0.6) is 0 Å². The summed E-state index contributed by atoms with van der Waals surface area (Å²) in [7, 11) is 0. The quantitative estimate of drug-likeness (QED) is 0.933. The highest BCUT2D eigenvalue weighted by atomic mass is 32.1. The molecule has 2 aromatic heterocycles. The van der Waals surface area contributed by atoms with E-state index in [-0.39, 0.29) is 12.5 Å². The lowest BCUT2D eigenvalue weighted by atomic mass is 9.99. The van der Waals surface area contributed by atoms with Gasteiger partial charge in [-0.1, -0.05) is 0 Å². The lowest BCUT2D eigenvalue weighted by Gasteiger charge is -2.36. The number of carbonyl (C=O) groups is 1. The maximum absolute atomic E-state index is 11.0. The van der Waals surface area contributed by atoms with Gasteiger partial charge in [-0.05, 0) is 30.7 Å². The van der Waals surface area contributed by atoms with Gasteiger partial charge < -0.3 is 10.0 Å². The van der Waals surface area contributed by atoms with Crippen LogP contribution < -0.4 is 4.90 Å². The minimum Gasteiger partial charge on any atom is -0.481 e. The highest BCUT2D eigenvalue weighted by molar-refractivity contribution is 7.16. The Kier molecular flexibility index (Phi) is 3.33. The lowest BCUT2D eigenvalue weighted by molar-refractivity contribution is -0.137. The summed E-state index contributed by atoms with van der Waals surface area (Å²) < 4.78 is 0. The maximum Gasteiger partial charge on any atom is 0.305 e. The third kappa shape index (κ3) is 2.40. The van der Waals surface area contributed by atoms with Crippen molar-refractivity contribution in [2.24, 2.45) is 0 Å². The molecule has 1 atom stereocenters. The number of fused-ring (bicyclic) bond motifs is 1. The third-order valence-electron chi connectivity index (χ3n) is 3.55. The first-order chi connectivity index (χ1) is 9.25. The molecule has 3 heterocycles. The lowest BCUT2D eigenvalue weighted by Crippen LogP contribution is -2.41. The molecule has 1 fully saturated rings. The molecule has 6 heteroatoms. The summed E-state index contributed by atoms with van der Waals surface area (Å²) >= 11 is 1.59. The minimum absolute atomic E-state index is 0.0456. The van der Waals surface area contributed by atoms with E-state index in [9.17, 15) is 4.79 Å². The zero-order valence-electron chi connectivity index (χ0n) is 10.5. The standard InChI is InChI=1S/C13H15N3O2S/c17-11(18)7-9-3-1-2-5-16(9)12-10-4-6-19-13(10)15-8-14-12/h4,6,8-9H,1-3,5,7H2,(H,17,18). The highest BCUT2D eigenvalue weighted by Gasteiger charge is 2.27. The summed E-state index contributed by atoms with van der Waals surface area (Å²) in [6, 6.07) is 2.06. The van der Waals surface area contributed by atoms with Gasteiger partial charge >= 0.3 is 5.97 Å². The molecule has 5 nitrogen and oxygen atoms in total. The van der Waals surface area contributed by atoms with Crippen LogP contribution >= 0.6 is 11.3 Å². The van der Waals surface area contributed by atoms with E-state index in [1.165, 1.54) is 0 Å². The molecule has 0 saturated carbocycles. The number of aromatic nitrogens is 2. The SMILES string of the molecule is O=C(O)CC1CCCCN1c1ncnc2sccc12. The number of hydrogen-bond acceptors (Lipinski definition) is 5. The van der Waals surface area contributed by atoms with Gasteiger partial charge in [0.1, 0.15) is 17.0 Å². The van der Waals surface area contributed by atoms with Crippen molar-refractivity contribution in [1.29, 1.82) is 0 Å². The largest absolute Gasteiger partial charge is 0.481 e. The fraction of sp³-hybridized carbons (Fsp3) is 0.462. The molecule has 1 N–H and O–H groups in total. The average Bonchev–Trinajstić information content (AvgIpc) is 2.87. The van der Waals surface area contributed by atoms with E-state index in [0.29, 0.717) is 0 Å². The number of piperidine rings is 1. The summed E-state index contributed by atoms with van der Waals surface area (Å²) in [5.41, 5.74) is 0. The normalized spacial score (nSPS) is 19.8. The fourth-order valence-electron chi connectivity index (χ4n) is 2.70. The van der Waals surface area contributed by atoms with Crippen molar-refractivity contribution in [2.75, 3.05) is 11.4 Å². The Balaban J connectivity index is 1.97. The number of anilines is 1. The molecule has 3 rings (SSSR count). The Morgan fingerprint density at radius 3 is 3.21 bits per heavy atom. The number of aliphatic carboxylic acids is 1. The predicted octanol–water partition coefficient (Wildman–Crippen LogP) is 2.52. The van der Waals surface area contributed by atoms with E-state index < -0.39 is 5.97 Å². The van der Waals surface area contributed by atoms with Gasteiger partial charge in [0.25, 0.3) is 0 Å². The van der Waals surface area contributed by atoms with Crippen LogP contribution in [0.3, 0.4) is 0 Å². The van der Waals surface area contributed by atoms with Crippen LogP contribution in [-0.4, -0.2) is 33.6 Å². The first-order valence-electron chi connectivity index (χ1n) is 6.42. The summed E-state index contributed by atoms with van der Waals surface area (Å²) in [6.07, 6.45) is 4.84. The smallest absolute Gasteiger partial charge is 0.305 e. The van der Waals surface area contributed by atoms with Crippen LogP contribution in [0.25, 0.3) is 10.2 Å². The first kappa shape index (κ1) is 12.3. The monoisotopic (exact) mass is 277 g/mol. The molecule has 19 heavy (non-hydrogen) atoms. The van der Waals surface area contributed by atoms with Gasteiger partial charge in [-0.3, -0.25) is 4.79 Å². The van der Waals surface area contributed by atoms with Gasteiger partial charge in [-0.2, -0.15) is 0 Å². The van der Waals surface area contributed by atoms with Crippen LogP contribution in [0, 0.1) is 0 Å². The average molecular weight is 277 g/mol. The number of carboxylic acid groups (broad SMARTS) is 1. The predicted molar refractivity (Wildman–Crippen MR) is 74.7 cm³/mol. The summed E-state index contributed by atoms with van der Waals surface area (Å²) in [5, 5.41) is 12.1. The Bertz CT molecular complexity index is 598. The minimum atomic E-state index is -0.743. The molecule has 0 amide bonds. The van der Waals surface area contributed by atoms with Crippen LogP contribution in [0.2, 0.25) is 0 Å². The van der Waals surface area contributed by atoms with Crippen molar-refractivity contribution in [3.63, 3.8) is 0 Å². The van der Waals surface area contributed by atoms with Gasteiger partial charge in [0.15, 0.2) is 0 Å². The second-order valence-electron chi connectivity index (χ2n) is 4.78. The molecule has 100 valence electrons. The number of rotatable bonds is 3. The van der Waals surface area contributed by atoms with Gasteiger partial charge in [0.05, 0.1) is 11.8 Å². The number of hydrogen-bond donors (Lipinski definition) is 1. The van der Waals surface area contributed by atoms with E-state index in [1.54, 1.807) is 17.7 Å². The molecule has 1 aliphatic heterocycles. The third-order valence-corrected chi connectivity index (χ3v) is 4.37. The number of carboxylic acids is 1. The van der Waals surface area contributed by atoms with Gasteiger partial charge in [0.2, 0.25) is 0 Å². The second-order valence-corrected chi connectivity index (χ2v) is 5.67. The first-order valence-corrected chi connectivity index (χ1v) is 7.30. The molecule has 1 saturated heterocycles. The van der Waals surface area contributed by atoms with Gasteiger partial charge in [-0.25, -0.2) is 9.97 Å². The van der Waals surface area contributed by atoms with Crippen molar-refractivity contribution in [1.82, 2.24) is 9.97 Å². The van der Waals surface area contributed by atoms with Crippen molar-refractivity contribution < 1.29 is 9.90 Å². The molecule has 2 aromatic rings. The van der Waals surface area contributed by atoms with Crippen LogP contribution in [0.1, 0.15) is 25.7 Å². The summed E-state index contributed by atoms with van der Waals surface area (Å²) in [4.78, 5) is 22.7. The van der Waals surface area contributed by atoms with E-state index in [4.69, 9.17) is 5.11 Å². The highest BCUT2D eigenvalue weighted by Crippen LogP contribution is 2.31. The van der Waals surface area contributed by atoms with Gasteiger partial charge in [-0.15, -0.1) is 11.3 Å². The van der Waals surface area contributed by atoms with E-state index in [1.807, 2.05) is 11.4 Å². The Morgan fingerprint density at radius 1 is 1.47 bits per heavy atom. The summed E-state index contributed by atoms with van der Waals surface area (Å²) in [5.74, 6) is 0.143. The maximum atomic E-state index is 11.0. The Morgan fingerprint density at radius 2 is 2.37 bits per heavy atom. The molecular formula is C13H15N3O2S. The molecule has 0 aliphatic carbocycles. The van der Waals surface area contributed by atoms with Crippen molar-refractivity contribution in [2.45, 2.75) is 31.7 Å². The van der Waals surface area contributed by atoms with E-state index in [2.05, 4.69) is 14.9 Å². The topological polar surface area (TPSA) is 66.3 Å². The molecule has 1 aliphatic rings. The zero-order valence-corrected chi connectivity index (χ0v) is 11.3. The zero-order chi connectivity index (χ0) is 13.2. The molecule has 1 unspecified atom stereocenters. The Hall–Kier alpha value is -1.69. The van der Waals surface area contributed by atoms with E-state index >= 15 is 0 Å². The fourth-order valence-corrected chi connectivity index (χ4v) is 3.43. The van der Waals surface area contributed by atoms with Gasteiger partial charge in [0, 0.05) is 12.6 Å². The second kappa shape index (κ2) is 5.13. The molecule has 0 radical (unpaired) electrons. The number of nitrogens with zero attached hydrogens (tertiary/aromatic N) is 3. The molecule has 0 aromatic carbocycles. The molecular weight excluding hydrogens is 262 g/mol. The molecule has 0 spiro atoms. The van der Waals surface area contributed by atoms with Crippen LogP contribution in [0.4, 0.5) is 5.82 Å².